The average Bonchev–Trinajstić information content (AvgIpc) is 3.15. The van der Waals surface area contributed by atoms with Crippen LogP contribution in [0.4, 0.5) is 0 Å². The van der Waals surface area contributed by atoms with E-state index >= 15 is 0 Å². The highest BCUT2D eigenvalue weighted by Crippen LogP contribution is 2.25. The van der Waals surface area contributed by atoms with Crippen molar-refractivity contribution in [3.63, 3.8) is 0 Å². The molecule has 36 heavy (non-hydrogen) atoms. The van der Waals surface area contributed by atoms with Gasteiger partial charge in [0.25, 0.3) is 11.5 Å². The molecule has 1 aromatic carbocycles. The maximum Gasteiger partial charge on any atom is 0.343 e. The highest BCUT2D eigenvalue weighted by atomic mass is 16.5. The fourth-order valence-corrected chi connectivity index (χ4v) is 4.34. The molecule has 0 aliphatic carbocycles. The molecule has 0 N–H and O–H groups in total. The molecule has 3 heterocycles. The fourth-order valence-electron chi connectivity index (χ4n) is 4.34. The van der Waals surface area contributed by atoms with Crippen LogP contribution in [0.3, 0.4) is 0 Å². The topological polar surface area (TPSA) is 90.7 Å². The van der Waals surface area contributed by atoms with Gasteiger partial charge in [0.2, 0.25) is 0 Å². The van der Waals surface area contributed by atoms with Crippen LogP contribution in [-0.4, -0.2) is 53.1 Å². The van der Waals surface area contributed by atoms with Crippen molar-refractivity contribution in [1.29, 1.82) is 0 Å². The number of pyridine rings is 2. The number of aryl methyl sites for hydroxylation is 1. The first-order valence-corrected chi connectivity index (χ1v) is 11.9. The summed E-state index contributed by atoms with van der Waals surface area (Å²) >= 11 is 0. The second-order valence-electron chi connectivity index (χ2n) is 8.49. The molecule has 3 aromatic rings. The largest absolute Gasteiger partial charge is 0.492 e. The molecule has 1 aliphatic rings. The Labute approximate surface area is 209 Å². The molecular weight excluding hydrogens is 458 g/mol. The maximum atomic E-state index is 13.1. The zero-order valence-electron chi connectivity index (χ0n) is 20.3. The first-order valence-electron chi connectivity index (χ1n) is 11.9. The molecule has 186 valence electrons. The number of amides is 1. The number of carbonyl (C=O) groups is 2. The highest BCUT2D eigenvalue weighted by molar-refractivity contribution is 5.95. The van der Waals surface area contributed by atoms with E-state index < -0.39 is 5.97 Å². The van der Waals surface area contributed by atoms with E-state index in [1.165, 1.54) is 13.2 Å². The van der Waals surface area contributed by atoms with Crippen LogP contribution in [0, 0.1) is 0 Å². The lowest BCUT2D eigenvalue weighted by molar-refractivity contribution is 0.0593. The second-order valence-corrected chi connectivity index (χ2v) is 8.49. The van der Waals surface area contributed by atoms with Crippen LogP contribution in [0.5, 0.6) is 5.75 Å². The minimum Gasteiger partial charge on any atom is -0.492 e. The summed E-state index contributed by atoms with van der Waals surface area (Å²) in [5, 5.41) is 0. The maximum absolute atomic E-state index is 13.1. The molecule has 2 aromatic heterocycles. The van der Waals surface area contributed by atoms with Gasteiger partial charge in [0.15, 0.2) is 0 Å². The van der Waals surface area contributed by atoms with Gasteiger partial charge >= 0.3 is 5.97 Å². The Morgan fingerprint density at radius 1 is 1.08 bits per heavy atom. The molecule has 1 aliphatic heterocycles. The lowest BCUT2D eigenvalue weighted by atomic mass is 10.1. The predicted molar refractivity (Wildman–Crippen MR) is 136 cm³/mol. The van der Waals surface area contributed by atoms with Crippen molar-refractivity contribution in [2.75, 3.05) is 26.8 Å². The molecule has 8 heteroatoms. The first-order chi connectivity index (χ1) is 17.5. The van der Waals surface area contributed by atoms with Crippen LogP contribution in [0.2, 0.25) is 0 Å². The summed E-state index contributed by atoms with van der Waals surface area (Å²) in [6, 6.07) is 12.4. The van der Waals surface area contributed by atoms with Crippen LogP contribution < -0.4 is 10.3 Å². The SMILES string of the molecule is C=Cc1ccc(C(=O)N2CCc3c(C(=O)OC)c(OCCCc4ccncc4)cc(=O)n3CC2)cc1. The van der Waals surface area contributed by atoms with E-state index in [0.29, 0.717) is 43.8 Å². The van der Waals surface area contributed by atoms with E-state index in [1.54, 1.807) is 40.1 Å². The van der Waals surface area contributed by atoms with Crippen molar-refractivity contribution < 1.29 is 19.1 Å². The number of ether oxygens (including phenoxy) is 2. The molecule has 0 saturated carbocycles. The van der Waals surface area contributed by atoms with Crippen molar-refractivity contribution in [3.05, 3.63) is 99.7 Å². The van der Waals surface area contributed by atoms with Crippen molar-refractivity contribution in [1.82, 2.24) is 14.5 Å². The van der Waals surface area contributed by atoms with Gasteiger partial charge in [0.05, 0.1) is 13.7 Å². The number of benzene rings is 1. The van der Waals surface area contributed by atoms with E-state index in [-0.39, 0.29) is 29.3 Å². The van der Waals surface area contributed by atoms with Crippen molar-refractivity contribution >= 4 is 18.0 Å². The molecule has 0 spiro atoms. The predicted octanol–water partition coefficient (Wildman–Crippen LogP) is 3.38. The van der Waals surface area contributed by atoms with Gasteiger partial charge in [0, 0.05) is 55.8 Å². The van der Waals surface area contributed by atoms with Crippen molar-refractivity contribution in [2.45, 2.75) is 25.8 Å². The Morgan fingerprint density at radius 2 is 1.83 bits per heavy atom. The quantitative estimate of drug-likeness (QED) is 0.357. The molecule has 0 fully saturated rings. The highest BCUT2D eigenvalue weighted by Gasteiger charge is 2.27. The van der Waals surface area contributed by atoms with Crippen LogP contribution in [0.1, 0.15) is 44.0 Å². The number of methoxy groups -OCH3 is 1. The Morgan fingerprint density at radius 3 is 2.53 bits per heavy atom. The van der Waals surface area contributed by atoms with Gasteiger partial charge in [-0.2, -0.15) is 0 Å². The second kappa shape index (κ2) is 11.5. The van der Waals surface area contributed by atoms with E-state index in [2.05, 4.69) is 11.6 Å². The number of rotatable bonds is 8. The zero-order valence-corrected chi connectivity index (χ0v) is 20.3. The van der Waals surface area contributed by atoms with Gasteiger partial charge in [-0.25, -0.2) is 4.79 Å². The molecule has 0 saturated heterocycles. The number of esters is 1. The van der Waals surface area contributed by atoms with Gasteiger partial charge < -0.3 is 18.9 Å². The van der Waals surface area contributed by atoms with Crippen LogP contribution in [0.15, 0.2) is 66.2 Å². The summed E-state index contributed by atoms with van der Waals surface area (Å²) in [5.41, 5.74) is 3.11. The van der Waals surface area contributed by atoms with Gasteiger partial charge in [-0.05, 0) is 48.2 Å². The monoisotopic (exact) mass is 487 g/mol. The Kier molecular flexibility index (Phi) is 7.95. The fraction of sp³-hybridized carbons (Fsp3) is 0.286. The third-order valence-corrected chi connectivity index (χ3v) is 6.28. The summed E-state index contributed by atoms with van der Waals surface area (Å²) in [7, 11) is 1.30. The molecule has 1 amide bonds. The van der Waals surface area contributed by atoms with E-state index in [0.717, 1.165) is 17.5 Å². The number of aromatic nitrogens is 2. The smallest absolute Gasteiger partial charge is 0.343 e. The molecular formula is C28H29N3O5. The molecule has 4 rings (SSSR count). The molecule has 0 atom stereocenters. The lowest BCUT2D eigenvalue weighted by Crippen LogP contribution is -2.34. The van der Waals surface area contributed by atoms with Gasteiger partial charge in [0.1, 0.15) is 11.3 Å². The normalized spacial score (nSPS) is 12.9. The minimum atomic E-state index is -0.567. The molecule has 0 radical (unpaired) electrons. The van der Waals surface area contributed by atoms with E-state index in [9.17, 15) is 14.4 Å². The molecule has 8 nitrogen and oxygen atoms in total. The van der Waals surface area contributed by atoms with E-state index in [1.807, 2.05) is 24.3 Å². The standard InChI is InChI=1S/C28H29N3O5/c1-3-20-6-8-22(9-7-20)27(33)30-15-12-23-26(28(34)35-2)24(19-25(32)31(23)17-16-30)36-18-4-5-21-10-13-29-14-11-21/h3,6-11,13-14,19H,1,4-5,12,15-18H2,2H3. The van der Waals surface area contributed by atoms with Gasteiger partial charge in [-0.3, -0.25) is 14.6 Å². The van der Waals surface area contributed by atoms with Gasteiger partial charge in [-0.15, -0.1) is 0 Å². The third kappa shape index (κ3) is 5.54. The Hall–Kier alpha value is -4.20. The number of fused-ring (bicyclic) bond motifs is 1. The van der Waals surface area contributed by atoms with Crippen LogP contribution in [-0.2, 0) is 24.1 Å². The lowest BCUT2D eigenvalue weighted by Gasteiger charge is -2.20. The summed E-state index contributed by atoms with van der Waals surface area (Å²) in [6.07, 6.45) is 7.01. The summed E-state index contributed by atoms with van der Waals surface area (Å²) in [6.45, 7) is 5.05. The number of nitrogens with zero attached hydrogens (tertiary/aromatic N) is 3. The first kappa shape index (κ1) is 24.9. The Balaban J connectivity index is 1.53. The number of hydrogen-bond donors (Lipinski definition) is 0. The molecule has 0 bridgehead atoms. The number of hydrogen-bond acceptors (Lipinski definition) is 6. The van der Waals surface area contributed by atoms with Crippen LogP contribution in [0.25, 0.3) is 6.08 Å². The zero-order chi connectivity index (χ0) is 25.5. The van der Waals surface area contributed by atoms with Crippen molar-refractivity contribution in [3.8, 4) is 5.75 Å². The van der Waals surface area contributed by atoms with Gasteiger partial charge in [-0.1, -0.05) is 24.8 Å². The van der Waals surface area contributed by atoms with E-state index in [4.69, 9.17) is 9.47 Å². The molecule has 0 unspecified atom stereocenters. The average molecular weight is 488 g/mol. The number of carbonyl (C=O) groups excluding carboxylic acids is 2. The van der Waals surface area contributed by atoms with Crippen molar-refractivity contribution in [2.24, 2.45) is 0 Å². The Bertz CT molecular complexity index is 1300. The van der Waals surface area contributed by atoms with Crippen LogP contribution >= 0.6 is 0 Å². The minimum absolute atomic E-state index is 0.126. The third-order valence-electron chi connectivity index (χ3n) is 6.28. The summed E-state index contributed by atoms with van der Waals surface area (Å²) < 4.78 is 12.5. The summed E-state index contributed by atoms with van der Waals surface area (Å²) in [5.74, 6) is -0.478. The summed E-state index contributed by atoms with van der Waals surface area (Å²) in [4.78, 5) is 44.6.